The molecule has 0 unspecified atom stereocenters. The molecular formula is C14H17BrF3NO. The first-order valence-corrected chi connectivity index (χ1v) is 7.37. The van der Waals surface area contributed by atoms with Crippen LogP contribution in [0.25, 0.3) is 0 Å². The number of aliphatic hydroxyl groups is 1. The second-order valence-corrected chi connectivity index (χ2v) is 6.27. The average Bonchev–Trinajstić information content (AvgIpc) is 2.85. The summed E-state index contributed by atoms with van der Waals surface area (Å²) in [7, 11) is 0. The van der Waals surface area contributed by atoms with Gasteiger partial charge >= 0.3 is 6.18 Å². The normalized spacial score (nSPS) is 18.2. The van der Waals surface area contributed by atoms with E-state index in [0.717, 1.165) is 37.8 Å². The summed E-state index contributed by atoms with van der Waals surface area (Å²) in [6.07, 6.45) is -0.241. The summed E-state index contributed by atoms with van der Waals surface area (Å²) in [6.45, 7) is 0.686. The molecule has 1 fully saturated rings. The van der Waals surface area contributed by atoms with Gasteiger partial charge in [0.05, 0.1) is 12.2 Å². The maximum atomic E-state index is 12.6. The molecule has 0 spiro atoms. The van der Waals surface area contributed by atoms with Gasteiger partial charge in [-0.05, 0) is 47.0 Å². The predicted octanol–water partition coefficient (Wildman–Crippen LogP) is 4.43. The third-order valence-electron chi connectivity index (χ3n) is 3.95. The van der Waals surface area contributed by atoms with Gasteiger partial charge in [0.15, 0.2) is 0 Å². The second-order valence-electron chi connectivity index (χ2n) is 5.41. The standard InChI is InChI=1S/C14H17BrF3NO/c15-11-7-10(14(16,17)18)3-4-12(11)19-8-13(9-20)5-1-2-6-13/h3-4,7,19-20H,1-2,5-6,8-9H2. The molecule has 6 heteroatoms. The van der Waals surface area contributed by atoms with Crippen LogP contribution in [0, 0.1) is 5.41 Å². The number of hydrogen-bond donors (Lipinski definition) is 2. The molecule has 0 bridgehead atoms. The van der Waals surface area contributed by atoms with Gasteiger partial charge in [-0.3, -0.25) is 0 Å². The molecule has 2 rings (SSSR count). The fraction of sp³-hybridized carbons (Fsp3) is 0.571. The summed E-state index contributed by atoms with van der Waals surface area (Å²) in [6, 6.07) is 3.56. The van der Waals surface area contributed by atoms with Gasteiger partial charge in [0.2, 0.25) is 0 Å². The van der Waals surface area contributed by atoms with Gasteiger partial charge in [0, 0.05) is 22.1 Å². The Morgan fingerprint density at radius 1 is 1.25 bits per heavy atom. The smallest absolute Gasteiger partial charge is 0.396 e. The first kappa shape index (κ1) is 15.6. The van der Waals surface area contributed by atoms with E-state index in [1.54, 1.807) is 0 Å². The molecule has 1 aliphatic rings. The Kier molecular flexibility index (Phi) is 4.64. The van der Waals surface area contributed by atoms with Crippen molar-refractivity contribution in [2.45, 2.75) is 31.9 Å². The molecular weight excluding hydrogens is 335 g/mol. The van der Waals surface area contributed by atoms with Crippen LogP contribution in [0.1, 0.15) is 31.2 Å². The van der Waals surface area contributed by atoms with Crippen LogP contribution in [0.2, 0.25) is 0 Å². The number of halogens is 4. The molecule has 1 aliphatic carbocycles. The van der Waals surface area contributed by atoms with Gasteiger partial charge in [-0.25, -0.2) is 0 Å². The molecule has 2 N–H and O–H groups in total. The van der Waals surface area contributed by atoms with Crippen LogP contribution in [-0.2, 0) is 6.18 Å². The molecule has 1 saturated carbocycles. The number of aliphatic hydroxyl groups excluding tert-OH is 1. The lowest BCUT2D eigenvalue weighted by Gasteiger charge is -2.27. The van der Waals surface area contributed by atoms with E-state index < -0.39 is 11.7 Å². The summed E-state index contributed by atoms with van der Waals surface area (Å²) >= 11 is 3.16. The Hall–Kier alpha value is -0.750. The minimum Gasteiger partial charge on any atom is -0.396 e. The predicted molar refractivity (Wildman–Crippen MR) is 75.6 cm³/mol. The maximum absolute atomic E-state index is 12.6. The molecule has 1 aromatic rings. The van der Waals surface area contributed by atoms with Crippen LogP contribution in [-0.4, -0.2) is 18.3 Å². The van der Waals surface area contributed by atoms with E-state index in [1.807, 2.05) is 0 Å². The van der Waals surface area contributed by atoms with Crippen molar-refractivity contribution in [3.05, 3.63) is 28.2 Å². The lowest BCUT2D eigenvalue weighted by atomic mass is 9.87. The van der Waals surface area contributed by atoms with Gasteiger partial charge in [0.25, 0.3) is 0 Å². The van der Waals surface area contributed by atoms with Crippen molar-refractivity contribution in [3.63, 3.8) is 0 Å². The topological polar surface area (TPSA) is 32.3 Å². The molecule has 0 heterocycles. The van der Waals surface area contributed by atoms with Crippen molar-refractivity contribution in [2.24, 2.45) is 5.41 Å². The third kappa shape index (κ3) is 3.47. The van der Waals surface area contributed by atoms with Crippen LogP contribution in [0.15, 0.2) is 22.7 Å². The van der Waals surface area contributed by atoms with Crippen molar-refractivity contribution in [1.82, 2.24) is 0 Å². The average molecular weight is 352 g/mol. The highest BCUT2D eigenvalue weighted by molar-refractivity contribution is 9.10. The third-order valence-corrected chi connectivity index (χ3v) is 4.61. The van der Waals surface area contributed by atoms with Crippen molar-refractivity contribution in [2.75, 3.05) is 18.5 Å². The Morgan fingerprint density at radius 3 is 2.40 bits per heavy atom. The van der Waals surface area contributed by atoms with E-state index in [2.05, 4.69) is 21.2 Å². The van der Waals surface area contributed by atoms with Crippen LogP contribution in [0.4, 0.5) is 18.9 Å². The van der Waals surface area contributed by atoms with Crippen LogP contribution in [0.5, 0.6) is 0 Å². The number of rotatable bonds is 4. The zero-order valence-corrected chi connectivity index (χ0v) is 12.5. The zero-order chi connectivity index (χ0) is 14.8. The quantitative estimate of drug-likeness (QED) is 0.840. The lowest BCUT2D eigenvalue weighted by Crippen LogP contribution is -2.30. The molecule has 0 aliphatic heterocycles. The van der Waals surface area contributed by atoms with Gasteiger partial charge in [0.1, 0.15) is 0 Å². The summed E-state index contributed by atoms with van der Waals surface area (Å²) in [5.74, 6) is 0. The number of alkyl halides is 3. The first-order valence-electron chi connectivity index (χ1n) is 6.58. The van der Waals surface area contributed by atoms with Crippen LogP contribution >= 0.6 is 15.9 Å². The van der Waals surface area contributed by atoms with E-state index in [1.165, 1.54) is 6.07 Å². The molecule has 0 saturated heterocycles. The number of benzene rings is 1. The summed E-state index contributed by atoms with van der Waals surface area (Å²) in [5.41, 5.74) is -0.187. The van der Waals surface area contributed by atoms with Crippen molar-refractivity contribution >= 4 is 21.6 Å². The monoisotopic (exact) mass is 351 g/mol. The van der Waals surface area contributed by atoms with Crippen molar-refractivity contribution in [3.8, 4) is 0 Å². The van der Waals surface area contributed by atoms with Gasteiger partial charge < -0.3 is 10.4 Å². The fourth-order valence-electron chi connectivity index (χ4n) is 2.63. The van der Waals surface area contributed by atoms with Gasteiger partial charge in [-0.2, -0.15) is 13.2 Å². The molecule has 1 aromatic carbocycles. The molecule has 0 radical (unpaired) electrons. The highest BCUT2D eigenvalue weighted by atomic mass is 79.9. The van der Waals surface area contributed by atoms with Crippen molar-refractivity contribution in [1.29, 1.82) is 0 Å². The van der Waals surface area contributed by atoms with E-state index in [4.69, 9.17) is 0 Å². The molecule has 2 nitrogen and oxygen atoms in total. The van der Waals surface area contributed by atoms with E-state index in [-0.39, 0.29) is 12.0 Å². The molecule has 112 valence electrons. The molecule has 20 heavy (non-hydrogen) atoms. The minimum absolute atomic E-state index is 0.109. The van der Waals surface area contributed by atoms with Crippen molar-refractivity contribution < 1.29 is 18.3 Å². The Labute approximate surface area is 124 Å². The minimum atomic E-state index is -4.33. The highest BCUT2D eigenvalue weighted by Gasteiger charge is 2.33. The van der Waals surface area contributed by atoms with E-state index in [0.29, 0.717) is 16.7 Å². The Bertz CT molecular complexity index is 470. The van der Waals surface area contributed by atoms with Gasteiger partial charge in [-0.1, -0.05) is 12.8 Å². The number of nitrogens with one attached hydrogen (secondary N) is 1. The maximum Gasteiger partial charge on any atom is 0.416 e. The summed E-state index contributed by atoms with van der Waals surface area (Å²) in [5, 5.41) is 12.7. The Balaban J connectivity index is 2.07. The second kappa shape index (κ2) is 5.93. The number of hydrogen-bond acceptors (Lipinski definition) is 2. The summed E-state index contributed by atoms with van der Waals surface area (Å²) in [4.78, 5) is 0. The molecule has 0 aromatic heterocycles. The van der Waals surface area contributed by atoms with E-state index >= 15 is 0 Å². The zero-order valence-electron chi connectivity index (χ0n) is 10.9. The van der Waals surface area contributed by atoms with Crippen LogP contribution < -0.4 is 5.32 Å². The van der Waals surface area contributed by atoms with Gasteiger partial charge in [-0.15, -0.1) is 0 Å². The van der Waals surface area contributed by atoms with E-state index in [9.17, 15) is 18.3 Å². The first-order chi connectivity index (χ1) is 9.36. The molecule has 0 amide bonds. The highest BCUT2D eigenvalue weighted by Crippen LogP contribution is 2.39. The number of anilines is 1. The fourth-order valence-corrected chi connectivity index (χ4v) is 3.15. The summed E-state index contributed by atoms with van der Waals surface area (Å²) < 4.78 is 38.1. The lowest BCUT2D eigenvalue weighted by molar-refractivity contribution is -0.137. The van der Waals surface area contributed by atoms with Crippen LogP contribution in [0.3, 0.4) is 0 Å². The largest absolute Gasteiger partial charge is 0.416 e. The molecule has 0 atom stereocenters. The SMILES string of the molecule is OCC1(CNc2ccc(C(F)(F)F)cc2Br)CCCC1. The Morgan fingerprint density at radius 2 is 1.90 bits per heavy atom.